The summed E-state index contributed by atoms with van der Waals surface area (Å²) in [6.07, 6.45) is 0.705. The Hall–Kier alpha value is -1.49. The minimum absolute atomic E-state index is 0.00804. The number of likely N-dealkylation sites (tertiary alicyclic amines) is 1. The van der Waals surface area contributed by atoms with Gasteiger partial charge in [-0.3, -0.25) is 9.59 Å². The van der Waals surface area contributed by atoms with E-state index in [1.54, 1.807) is 11.9 Å². The Labute approximate surface area is 117 Å². The fourth-order valence-corrected chi connectivity index (χ4v) is 2.69. The molecule has 0 radical (unpaired) electrons. The van der Waals surface area contributed by atoms with Crippen molar-refractivity contribution in [1.82, 2.24) is 10.2 Å². The molecule has 1 unspecified atom stereocenters. The quantitative estimate of drug-likeness (QED) is 0.848. The molecule has 1 fully saturated rings. The van der Waals surface area contributed by atoms with Gasteiger partial charge in [0.25, 0.3) is 0 Å². The largest absolute Gasteiger partial charge is 0.344 e. The van der Waals surface area contributed by atoms with Gasteiger partial charge in [-0.2, -0.15) is 0 Å². The van der Waals surface area contributed by atoms with Gasteiger partial charge in [-0.15, -0.1) is 11.8 Å². The van der Waals surface area contributed by atoms with Gasteiger partial charge in [-0.1, -0.05) is 17.7 Å². The van der Waals surface area contributed by atoms with Crippen molar-refractivity contribution in [3.63, 3.8) is 0 Å². The highest BCUT2D eigenvalue weighted by Crippen LogP contribution is 2.18. The molecule has 4 nitrogen and oxygen atoms in total. The summed E-state index contributed by atoms with van der Waals surface area (Å²) in [6, 6.07) is 7.71. The SMILES string of the molecule is Cc1ccc(SCC(=O)NC2CCN(C)C2=O)cc1. The molecule has 1 saturated heterocycles. The van der Waals surface area contributed by atoms with E-state index in [0.717, 1.165) is 11.4 Å². The maximum absolute atomic E-state index is 11.8. The Bertz CT molecular complexity index is 473. The predicted molar refractivity (Wildman–Crippen MR) is 76.1 cm³/mol. The molecule has 1 heterocycles. The third-order valence-electron chi connectivity index (χ3n) is 3.15. The van der Waals surface area contributed by atoms with Crippen molar-refractivity contribution in [2.24, 2.45) is 0 Å². The van der Waals surface area contributed by atoms with Crippen molar-refractivity contribution in [3.8, 4) is 0 Å². The number of carbonyl (C=O) groups is 2. The van der Waals surface area contributed by atoms with Crippen LogP contribution in [-0.4, -0.2) is 42.1 Å². The van der Waals surface area contributed by atoms with Gasteiger partial charge in [0, 0.05) is 18.5 Å². The van der Waals surface area contributed by atoms with Crippen molar-refractivity contribution in [1.29, 1.82) is 0 Å². The molecule has 1 aromatic rings. The Kier molecular flexibility index (Phi) is 4.47. The second-order valence-electron chi connectivity index (χ2n) is 4.77. The normalized spacial score (nSPS) is 18.7. The number of hydrogen-bond donors (Lipinski definition) is 1. The topological polar surface area (TPSA) is 49.4 Å². The predicted octanol–water partition coefficient (Wildman–Crippen LogP) is 1.43. The molecule has 1 aliphatic heterocycles. The Balaban J connectivity index is 1.79. The first-order valence-corrected chi connectivity index (χ1v) is 7.28. The molecule has 2 rings (SSSR count). The van der Waals surface area contributed by atoms with Crippen LogP contribution in [0.25, 0.3) is 0 Å². The van der Waals surface area contributed by atoms with E-state index in [9.17, 15) is 9.59 Å². The molecule has 1 aromatic carbocycles. The Morgan fingerprint density at radius 2 is 2.11 bits per heavy atom. The van der Waals surface area contributed by atoms with E-state index in [4.69, 9.17) is 0 Å². The molecule has 1 N–H and O–H groups in total. The summed E-state index contributed by atoms with van der Waals surface area (Å²) < 4.78 is 0. The van der Waals surface area contributed by atoms with Gasteiger partial charge in [0.15, 0.2) is 0 Å². The summed E-state index contributed by atoms with van der Waals surface area (Å²) in [5, 5.41) is 2.79. The molecule has 5 heteroatoms. The zero-order valence-electron chi connectivity index (χ0n) is 11.2. The number of hydrogen-bond acceptors (Lipinski definition) is 3. The zero-order valence-corrected chi connectivity index (χ0v) is 12.0. The molecule has 0 aliphatic carbocycles. The highest BCUT2D eigenvalue weighted by atomic mass is 32.2. The number of aryl methyl sites for hydroxylation is 1. The number of likely N-dealkylation sites (N-methyl/N-ethyl adjacent to an activating group) is 1. The average molecular weight is 278 g/mol. The average Bonchev–Trinajstić information content (AvgIpc) is 2.70. The third kappa shape index (κ3) is 3.73. The van der Waals surface area contributed by atoms with Gasteiger partial charge < -0.3 is 10.2 Å². The molecule has 2 amide bonds. The van der Waals surface area contributed by atoms with E-state index < -0.39 is 0 Å². The minimum Gasteiger partial charge on any atom is -0.344 e. The second kappa shape index (κ2) is 6.10. The zero-order chi connectivity index (χ0) is 13.8. The van der Waals surface area contributed by atoms with Gasteiger partial charge in [0.05, 0.1) is 5.75 Å². The van der Waals surface area contributed by atoms with Crippen LogP contribution in [0.3, 0.4) is 0 Å². The molecule has 0 saturated carbocycles. The fraction of sp³-hybridized carbons (Fsp3) is 0.429. The van der Waals surface area contributed by atoms with E-state index in [0.29, 0.717) is 12.2 Å². The van der Waals surface area contributed by atoms with E-state index in [2.05, 4.69) is 5.32 Å². The number of nitrogens with one attached hydrogen (secondary N) is 1. The highest BCUT2D eigenvalue weighted by molar-refractivity contribution is 8.00. The van der Waals surface area contributed by atoms with Crippen molar-refractivity contribution >= 4 is 23.6 Å². The first kappa shape index (κ1) is 13.9. The Morgan fingerprint density at radius 3 is 2.68 bits per heavy atom. The van der Waals surface area contributed by atoms with Crippen LogP contribution in [0.15, 0.2) is 29.2 Å². The lowest BCUT2D eigenvalue weighted by atomic mass is 10.2. The van der Waals surface area contributed by atoms with Crippen LogP contribution in [0.5, 0.6) is 0 Å². The van der Waals surface area contributed by atoms with Crippen LogP contribution >= 0.6 is 11.8 Å². The summed E-state index contributed by atoms with van der Waals surface area (Å²) >= 11 is 1.49. The fourth-order valence-electron chi connectivity index (χ4n) is 1.98. The molecule has 19 heavy (non-hydrogen) atoms. The summed E-state index contributed by atoms with van der Waals surface area (Å²) in [5.41, 5.74) is 1.20. The number of nitrogens with zero attached hydrogens (tertiary/aromatic N) is 1. The summed E-state index contributed by atoms with van der Waals surface area (Å²) in [6.45, 7) is 2.75. The van der Waals surface area contributed by atoms with Crippen molar-refractivity contribution < 1.29 is 9.59 Å². The first-order valence-electron chi connectivity index (χ1n) is 6.30. The van der Waals surface area contributed by atoms with Crippen molar-refractivity contribution in [2.45, 2.75) is 24.3 Å². The number of thioether (sulfide) groups is 1. The summed E-state index contributed by atoms with van der Waals surface area (Å²) in [7, 11) is 1.76. The van der Waals surface area contributed by atoms with Gasteiger partial charge in [-0.25, -0.2) is 0 Å². The van der Waals surface area contributed by atoms with Gasteiger partial charge in [0.2, 0.25) is 11.8 Å². The smallest absolute Gasteiger partial charge is 0.244 e. The van der Waals surface area contributed by atoms with Gasteiger partial charge in [-0.05, 0) is 25.5 Å². The maximum Gasteiger partial charge on any atom is 0.244 e. The standard InChI is InChI=1S/C14H18N2O2S/c1-10-3-5-11(6-4-10)19-9-13(17)15-12-7-8-16(2)14(12)18/h3-6,12H,7-9H2,1-2H3,(H,15,17). The molecule has 0 bridgehead atoms. The molecule has 0 aromatic heterocycles. The Morgan fingerprint density at radius 1 is 1.42 bits per heavy atom. The molecule has 1 atom stereocenters. The lowest BCUT2D eigenvalue weighted by Gasteiger charge is -2.12. The lowest BCUT2D eigenvalue weighted by Crippen LogP contribution is -2.41. The number of rotatable bonds is 4. The molecule has 0 spiro atoms. The third-order valence-corrected chi connectivity index (χ3v) is 4.17. The highest BCUT2D eigenvalue weighted by Gasteiger charge is 2.29. The van der Waals surface area contributed by atoms with Gasteiger partial charge in [0.1, 0.15) is 6.04 Å². The minimum atomic E-state index is -0.337. The van der Waals surface area contributed by atoms with E-state index >= 15 is 0 Å². The second-order valence-corrected chi connectivity index (χ2v) is 5.82. The summed E-state index contributed by atoms with van der Waals surface area (Å²) in [4.78, 5) is 26.2. The van der Waals surface area contributed by atoms with E-state index in [1.807, 2.05) is 31.2 Å². The van der Waals surface area contributed by atoms with Gasteiger partial charge >= 0.3 is 0 Å². The van der Waals surface area contributed by atoms with Crippen LogP contribution in [0.1, 0.15) is 12.0 Å². The summed E-state index contributed by atoms with van der Waals surface area (Å²) in [5.74, 6) is 0.268. The molecular weight excluding hydrogens is 260 g/mol. The van der Waals surface area contributed by atoms with Crippen LogP contribution in [-0.2, 0) is 9.59 Å². The van der Waals surface area contributed by atoms with Crippen LogP contribution < -0.4 is 5.32 Å². The van der Waals surface area contributed by atoms with Crippen LogP contribution in [0.2, 0.25) is 0 Å². The number of carbonyl (C=O) groups excluding carboxylic acids is 2. The van der Waals surface area contributed by atoms with Crippen LogP contribution in [0, 0.1) is 6.92 Å². The maximum atomic E-state index is 11.8. The van der Waals surface area contributed by atoms with Crippen molar-refractivity contribution in [3.05, 3.63) is 29.8 Å². The molecular formula is C14H18N2O2S. The lowest BCUT2D eigenvalue weighted by molar-refractivity contribution is -0.131. The first-order chi connectivity index (χ1) is 9.06. The molecule has 1 aliphatic rings. The molecule has 102 valence electrons. The monoisotopic (exact) mass is 278 g/mol. The van der Waals surface area contributed by atoms with Crippen LogP contribution in [0.4, 0.5) is 0 Å². The van der Waals surface area contributed by atoms with E-state index in [1.165, 1.54) is 17.3 Å². The van der Waals surface area contributed by atoms with E-state index in [-0.39, 0.29) is 17.9 Å². The van der Waals surface area contributed by atoms with Crippen molar-refractivity contribution in [2.75, 3.05) is 19.3 Å². The number of benzene rings is 1. The number of amides is 2.